The molecule has 0 atom stereocenters. The molecule has 0 spiro atoms. The van der Waals surface area contributed by atoms with Crippen LogP contribution in [0.25, 0.3) is 0 Å². The first-order chi connectivity index (χ1) is 12.0. The van der Waals surface area contributed by atoms with E-state index >= 15 is 0 Å². The summed E-state index contributed by atoms with van der Waals surface area (Å²) in [4.78, 5) is 35.8. The molecule has 25 heavy (non-hydrogen) atoms. The molecule has 126 valence electrons. The highest BCUT2D eigenvalue weighted by atomic mass is 16.5. The number of ketones is 1. The minimum Gasteiger partial charge on any atom is -0.422 e. The fraction of sp³-hybridized carbons (Fsp3) is 0.158. The Bertz CT molecular complexity index is 859. The molecule has 3 rings (SSSR count). The zero-order valence-electron chi connectivity index (χ0n) is 13.6. The van der Waals surface area contributed by atoms with Crippen LogP contribution in [0.4, 0.5) is 5.69 Å². The Morgan fingerprint density at radius 3 is 2.52 bits per heavy atom. The minimum atomic E-state index is -0.630. The summed E-state index contributed by atoms with van der Waals surface area (Å²) in [6, 6.07) is 15.3. The number of carbonyl (C=O) groups is 3. The van der Waals surface area contributed by atoms with Crippen molar-refractivity contribution in [1.29, 1.82) is 0 Å². The van der Waals surface area contributed by atoms with E-state index in [-0.39, 0.29) is 36.0 Å². The van der Waals surface area contributed by atoms with E-state index in [0.29, 0.717) is 11.3 Å². The quantitative estimate of drug-likeness (QED) is 0.489. The molecule has 0 aliphatic carbocycles. The summed E-state index contributed by atoms with van der Waals surface area (Å²) < 4.78 is 5.30. The molecule has 0 bridgehead atoms. The van der Waals surface area contributed by atoms with Crippen LogP contribution in [0.15, 0.2) is 59.7 Å². The highest BCUT2D eigenvalue weighted by Crippen LogP contribution is 2.21. The van der Waals surface area contributed by atoms with Crippen molar-refractivity contribution in [3.05, 3.63) is 60.2 Å². The molecule has 0 radical (unpaired) electrons. The average Bonchev–Trinajstić information content (AvgIpc) is 2.63. The number of hydrogen-bond acceptors (Lipinski definition) is 5. The Morgan fingerprint density at radius 1 is 1.04 bits per heavy atom. The Hall–Kier alpha value is -3.28. The second kappa shape index (κ2) is 7.09. The van der Waals surface area contributed by atoms with E-state index in [2.05, 4.69) is 5.10 Å². The summed E-state index contributed by atoms with van der Waals surface area (Å²) in [5.74, 6) is -0.659. The van der Waals surface area contributed by atoms with E-state index < -0.39 is 5.97 Å². The fourth-order valence-electron chi connectivity index (χ4n) is 2.42. The monoisotopic (exact) mass is 336 g/mol. The molecule has 2 aromatic rings. The van der Waals surface area contributed by atoms with Crippen LogP contribution < -0.4 is 9.75 Å². The van der Waals surface area contributed by atoms with Crippen molar-refractivity contribution >= 4 is 29.1 Å². The predicted octanol–water partition coefficient (Wildman–Crippen LogP) is 2.98. The van der Waals surface area contributed by atoms with Gasteiger partial charge < -0.3 is 4.74 Å². The Kier molecular flexibility index (Phi) is 4.70. The maximum absolute atomic E-state index is 12.4. The first-order valence-electron chi connectivity index (χ1n) is 7.83. The van der Waals surface area contributed by atoms with Gasteiger partial charge in [-0.3, -0.25) is 9.59 Å². The van der Waals surface area contributed by atoms with Gasteiger partial charge in [-0.15, -0.1) is 0 Å². The van der Waals surface area contributed by atoms with Crippen LogP contribution >= 0.6 is 0 Å². The standard InChI is InChI=1S/C19H16N2O4/c1-13(22)14-6-5-9-16(12-14)25-19(24)17-10-11-18(23)21(20-17)15-7-3-2-4-8-15/h2-9,12H,10-11H2,1H3. The van der Waals surface area contributed by atoms with Crippen LogP contribution in [-0.4, -0.2) is 23.4 Å². The van der Waals surface area contributed by atoms with Gasteiger partial charge in [0.1, 0.15) is 11.5 Å². The van der Waals surface area contributed by atoms with Crippen LogP contribution in [0, 0.1) is 0 Å². The van der Waals surface area contributed by atoms with E-state index in [1.54, 1.807) is 42.5 Å². The highest BCUT2D eigenvalue weighted by Gasteiger charge is 2.26. The average molecular weight is 336 g/mol. The van der Waals surface area contributed by atoms with Crippen molar-refractivity contribution < 1.29 is 19.1 Å². The van der Waals surface area contributed by atoms with Gasteiger partial charge in [-0.25, -0.2) is 9.80 Å². The van der Waals surface area contributed by atoms with E-state index in [1.807, 2.05) is 6.07 Å². The van der Waals surface area contributed by atoms with Gasteiger partial charge in [0.05, 0.1) is 5.69 Å². The zero-order valence-corrected chi connectivity index (χ0v) is 13.6. The number of nitrogens with zero attached hydrogens (tertiary/aromatic N) is 2. The Balaban J connectivity index is 1.81. The number of ether oxygens (including phenoxy) is 1. The van der Waals surface area contributed by atoms with Crippen LogP contribution in [0.5, 0.6) is 5.75 Å². The number of rotatable bonds is 4. The van der Waals surface area contributed by atoms with Crippen molar-refractivity contribution in [3.63, 3.8) is 0 Å². The minimum absolute atomic E-state index is 0.117. The summed E-state index contributed by atoms with van der Waals surface area (Å²) in [5.41, 5.74) is 1.21. The second-order valence-corrected chi connectivity index (χ2v) is 5.56. The van der Waals surface area contributed by atoms with Crippen molar-refractivity contribution in [2.75, 3.05) is 5.01 Å². The smallest absolute Gasteiger partial charge is 0.359 e. The van der Waals surface area contributed by atoms with Crippen molar-refractivity contribution in [2.45, 2.75) is 19.8 Å². The first kappa shape index (κ1) is 16.6. The van der Waals surface area contributed by atoms with Gasteiger partial charge in [0.25, 0.3) is 0 Å². The summed E-state index contributed by atoms with van der Waals surface area (Å²) in [7, 11) is 0. The van der Waals surface area contributed by atoms with Crippen molar-refractivity contribution in [2.24, 2.45) is 5.10 Å². The Labute approximate surface area is 144 Å². The number of para-hydroxylation sites is 1. The normalized spacial score (nSPS) is 14.0. The predicted molar refractivity (Wildman–Crippen MR) is 92.7 cm³/mol. The largest absolute Gasteiger partial charge is 0.422 e. The zero-order chi connectivity index (χ0) is 17.8. The number of esters is 1. The molecule has 2 aromatic carbocycles. The number of Topliss-reactive ketones (excluding diaryl/α,β-unsaturated/α-hetero) is 1. The summed E-state index contributed by atoms with van der Waals surface area (Å²) in [6.07, 6.45) is 0.393. The van der Waals surface area contributed by atoms with E-state index in [9.17, 15) is 14.4 Å². The van der Waals surface area contributed by atoms with Gasteiger partial charge in [-0.2, -0.15) is 5.10 Å². The number of anilines is 1. The molecule has 0 saturated heterocycles. The van der Waals surface area contributed by atoms with Crippen molar-refractivity contribution in [3.8, 4) is 5.75 Å². The highest BCUT2D eigenvalue weighted by molar-refractivity contribution is 6.38. The summed E-state index contributed by atoms with van der Waals surface area (Å²) in [6.45, 7) is 1.44. The molecule has 0 N–H and O–H groups in total. The maximum Gasteiger partial charge on any atom is 0.359 e. The topological polar surface area (TPSA) is 76.0 Å². The molecule has 0 unspecified atom stereocenters. The third-order valence-electron chi connectivity index (χ3n) is 3.72. The number of amides is 1. The van der Waals surface area contributed by atoms with Gasteiger partial charge in [0, 0.05) is 18.4 Å². The molecular formula is C19H16N2O4. The molecule has 1 aliphatic rings. The summed E-state index contributed by atoms with van der Waals surface area (Å²) in [5, 5.41) is 5.36. The van der Waals surface area contributed by atoms with E-state index in [0.717, 1.165) is 0 Å². The lowest BCUT2D eigenvalue weighted by atomic mass is 10.1. The maximum atomic E-state index is 12.4. The number of hydrogen-bond donors (Lipinski definition) is 0. The van der Waals surface area contributed by atoms with Crippen LogP contribution in [0.2, 0.25) is 0 Å². The summed E-state index contributed by atoms with van der Waals surface area (Å²) >= 11 is 0. The molecule has 0 aromatic heterocycles. The second-order valence-electron chi connectivity index (χ2n) is 5.56. The van der Waals surface area contributed by atoms with Crippen molar-refractivity contribution in [1.82, 2.24) is 0 Å². The van der Waals surface area contributed by atoms with Crippen LogP contribution in [0.3, 0.4) is 0 Å². The van der Waals surface area contributed by atoms with Gasteiger partial charge in [-0.1, -0.05) is 30.3 Å². The van der Waals surface area contributed by atoms with Gasteiger partial charge in [0.15, 0.2) is 5.78 Å². The SMILES string of the molecule is CC(=O)c1cccc(OC(=O)C2=NN(c3ccccc3)C(=O)CC2)c1. The lowest BCUT2D eigenvalue weighted by Gasteiger charge is -2.22. The van der Waals surface area contributed by atoms with Gasteiger partial charge in [0.2, 0.25) is 5.91 Å². The fourth-order valence-corrected chi connectivity index (χ4v) is 2.42. The van der Waals surface area contributed by atoms with E-state index in [1.165, 1.54) is 18.0 Å². The molecular weight excluding hydrogens is 320 g/mol. The Morgan fingerprint density at radius 2 is 1.80 bits per heavy atom. The lowest BCUT2D eigenvalue weighted by molar-refractivity contribution is -0.127. The molecule has 6 nitrogen and oxygen atoms in total. The molecule has 6 heteroatoms. The van der Waals surface area contributed by atoms with E-state index in [4.69, 9.17) is 4.74 Å². The molecule has 1 amide bonds. The third kappa shape index (κ3) is 3.80. The number of benzene rings is 2. The number of hydrazone groups is 1. The first-order valence-corrected chi connectivity index (χ1v) is 7.83. The lowest BCUT2D eigenvalue weighted by Crippen LogP contribution is -2.35. The van der Waals surface area contributed by atoms with Crippen LogP contribution in [-0.2, 0) is 9.59 Å². The molecule has 0 saturated carbocycles. The molecule has 1 heterocycles. The number of carbonyl (C=O) groups excluding carboxylic acids is 3. The third-order valence-corrected chi connectivity index (χ3v) is 3.72. The van der Waals surface area contributed by atoms with Gasteiger partial charge in [-0.05, 0) is 31.2 Å². The van der Waals surface area contributed by atoms with Crippen LogP contribution in [0.1, 0.15) is 30.1 Å². The molecule has 1 aliphatic heterocycles. The molecule has 0 fully saturated rings. The van der Waals surface area contributed by atoms with Gasteiger partial charge >= 0.3 is 5.97 Å².